The van der Waals surface area contributed by atoms with Crippen molar-refractivity contribution < 1.29 is 14.0 Å². The summed E-state index contributed by atoms with van der Waals surface area (Å²) in [5.74, 6) is -0.872. The van der Waals surface area contributed by atoms with Gasteiger partial charge in [-0.25, -0.2) is 9.37 Å². The molecule has 3 rings (SSSR count). The van der Waals surface area contributed by atoms with Crippen LogP contribution in [0.2, 0.25) is 0 Å². The molecule has 0 spiro atoms. The van der Waals surface area contributed by atoms with Crippen molar-refractivity contribution in [3.05, 3.63) is 52.9 Å². The summed E-state index contributed by atoms with van der Waals surface area (Å²) in [5, 5.41) is 0. The lowest BCUT2D eigenvalue weighted by molar-refractivity contribution is -0.124. The number of pyridine rings is 1. The van der Waals surface area contributed by atoms with Crippen LogP contribution in [0, 0.1) is 11.7 Å². The average Bonchev–Trinajstić information content (AvgIpc) is 2.99. The molecule has 1 aliphatic heterocycles. The van der Waals surface area contributed by atoms with Crippen molar-refractivity contribution in [3.8, 4) is 0 Å². The Labute approximate surface area is 153 Å². The Morgan fingerprint density at radius 2 is 2.12 bits per heavy atom. The molecule has 7 heteroatoms. The Morgan fingerprint density at radius 3 is 2.76 bits per heavy atom. The number of benzene rings is 1. The molecule has 0 saturated carbocycles. The molecule has 5 nitrogen and oxygen atoms in total. The lowest BCUT2D eigenvalue weighted by Gasteiger charge is -2.23. The SMILES string of the molecule is CCN(C(=O)C1CC(=O)N(c2ccccc2F)C1)c1ccc(Br)cn1. The van der Waals surface area contributed by atoms with E-state index >= 15 is 0 Å². The summed E-state index contributed by atoms with van der Waals surface area (Å²) >= 11 is 3.32. The summed E-state index contributed by atoms with van der Waals surface area (Å²) < 4.78 is 14.8. The molecule has 0 radical (unpaired) electrons. The summed E-state index contributed by atoms with van der Waals surface area (Å²) in [4.78, 5) is 32.3. The van der Waals surface area contributed by atoms with Gasteiger partial charge in [0.1, 0.15) is 11.6 Å². The Balaban J connectivity index is 1.80. The Bertz CT molecular complexity index is 797. The van der Waals surface area contributed by atoms with Crippen molar-refractivity contribution in [3.63, 3.8) is 0 Å². The van der Waals surface area contributed by atoms with Crippen LogP contribution in [-0.4, -0.2) is 29.9 Å². The maximum absolute atomic E-state index is 14.0. The number of hydrogen-bond donors (Lipinski definition) is 0. The van der Waals surface area contributed by atoms with Crippen LogP contribution >= 0.6 is 15.9 Å². The van der Waals surface area contributed by atoms with E-state index in [0.29, 0.717) is 12.4 Å². The van der Waals surface area contributed by atoms with Crippen LogP contribution in [0.3, 0.4) is 0 Å². The van der Waals surface area contributed by atoms with E-state index < -0.39 is 11.7 Å². The van der Waals surface area contributed by atoms with Crippen LogP contribution in [0.4, 0.5) is 15.9 Å². The fourth-order valence-electron chi connectivity index (χ4n) is 2.96. The highest BCUT2D eigenvalue weighted by Gasteiger charge is 2.38. The minimum atomic E-state index is -0.516. The van der Waals surface area contributed by atoms with Gasteiger partial charge in [0.2, 0.25) is 11.8 Å². The summed E-state index contributed by atoms with van der Waals surface area (Å²) in [6, 6.07) is 9.65. The van der Waals surface area contributed by atoms with Crippen molar-refractivity contribution in [2.45, 2.75) is 13.3 Å². The maximum Gasteiger partial charge on any atom is 0.233 e. The number of nitrogens with zero attached hydrogens (tertiary/aromatic N) is 3. The highest BCUT2D eigenvalue weighted by Crippen LogP contribution is 2.29. The van der Waals surface area contributed by atoms with Crippen LogP contribution in [0.5, 0.6) is 0 Å². The fraction of sp³-hybridized carbons (Fsp3) is 0.278. The van der Waals surface area contributed by atoms with Gasteiger partial charge in [-0.2, -0.15) is 0 Å². The second kappa shape index (κ2) is 7.31. The van der Waals surface area contributed by atoms with Gasteiger partial charge in [-0.1, -0.05) is 12.1 Å². The molecule has 1 saturated heterocycles. The molecular formula is C18H17BrFN3O2. The molecule has 130 valence electrons. The minimum absolute atomic E-state index is 0.0696. The molecule has 0 bridgehead atoms. The van der Waals surface area contributed by atoms with Crippen molar-refractivity contribution in [2.75, 3.05) is 22.9 Å². The summed E-state index contributed by atoms with van der Waals surface area (Å²) in [5.41, 5.74) is 0.215. The highest BCUT2D eigenvalue weighted by atomic mass is 79.9. The Morgan fingerprint density at radius 1 is 1.36 bits per heavy atom. The third-order valence-corrected chi connectivity index (χ3v) is 4.66. The number of aromatic nitrogens is 1. The second-order valence-corrected chi connectivity index (χ2v) is 6.69. The summed E-state index contributed by atoms with van der Waals surface area (Å²) in [6.07, 6.45) is 1.69. The van der Waals surface area contributed by atoms with Gasteiger partial charge in [-0.05, 0) is 47.1 Å². The van der Waals surface area contributed by atoms with Gasteiger partial charge < -0.3 is 4.90 Å². The number of carbonyl (C=O) groups is 2. The molecule has 0 aliphatic carbocycles. The monoisotopic (exact) mass is 405 g/mol. The first-order chi connectivity index (χ1) is 12.0. The number of carbonyl (C=O) groups excluding carboxylic acids is 2. The lowest BCUT2D eigenvalue weighted by atomic mass is 10.1. The molecule has 1 aliphatic rings. The molecule has 1 aromatic heterocycles. The summed E-state index contributed by atoms with van der Waals surface area (Å²) in [7, 11) is 0. The molecule has 1 atom stereocenters. The lowest BCUT2D eigenvalue weighted by Crippen LogP contribution is -2.38. The van der Waals surface area contributed by atoms with Crippen molar-refractivity contribution in [2.24, 2.45) is 5.92 Å². The van der Waals surface area contributed by atoms with Crippen LogP contribution < -0.4 is 9.80 Å². The molecule has 1 fully saturated rings. The van der Waals surface area contributed by atoms with E-state index in [1.807, 2.05) is 13.0 Å². The predicted molar refractivity (Wildman–Crippen MR) is 96.8 cm³/mol. The van der Waals surface area contributed by atoms with Crippen LogP contribution in [0.25, 0.3) is 0 Å². The zero-order chi connectivity index (χ0) is 18.0. The van der Waals surface area contributed by atoms with Crippen molar-refractivity contribution in [1.82, 2.24) is 4.98 Å². The first-order valence-corrected chi connectivity index (χ1v) is 8.78. The number of halogens is 2. The van der Waals surface area contributed by atoms with E-state index in [4.69, 9.17) is 0 Å². The summed E-state index contributed by atoms with van der Waals surface area (Å²) in [6.45, 7) is 2.47. The zero-order valence-electron chi connectivity index (χ0n) is 13.7. The second-order valence-electron chi connectivity index (χ2n) is 5.77. The molecule has 2 aromatic rings. The molecule has 2 amide bonds. The average molecular weight is 406 g/mol. The molecule has 1 unspecified atom stereocenters. The van der Waals surface area contributed by atoms with Crippen molar-refractivity contribution >= 4 is 39.2 Å². The fourth-order valence-corrected chi connectivity index (χ4v) is 3.19. The third-order valence-electron chi connectivity index (χ3n) is 4.19. The number of rotatable bonds is 4. The molecule has 2 heterocycles. The van der Waals surface area contributed by atoms with Gasteiger partial charge in [-0.15, -0.1) is 0 Å². The number of anilines is 2. The molecule has 0 N–H and O–H groups in total. The van der Waals surface area contributed by atoms with E-state index in [9.17, 15) is 14.0 Å². The first-order valence-electron chi connectivity index (χ1n) is 7.99. The van der Waals surface area contributed by atoms with Gasteiger partial charge >= 0.3 is 0 Å². The number of amides is 2. The van der Waals surface area contributed by atoms with Crippen LogP contribution in [0.1, 0.15) is 13.3 Å². The normalized spacial score (nSPS) is 17.0. The Hall–Kier alpha value is -2.28. The largest absolute Gasteiger partial charge is 0.309 e. The number of hydrogen-bond acceptors (Lipinski definition) is 3. The van der Waals surface area contributed by atoms with Crippen LogP contribution in [0.15, 0.2) is 47.1 Å². The molecule has 25 heavy (non-hydrogen) atoms. The molecule has 1 aromatic carbocycles. The first kappa shape index (κ1) is 17.5. The highest BCUT2D eigenvalue weighted by molar-refractivity contribution is 9.10. The minimum Gasteiger partial charge on any atom is -0.309 e. The predicted octanol–water partition coefficient (Wildman–Crippen LogP) is 3.39. The third kappa shape index (κ3) is 3.56. The van der Waals surface area contributed by atoms with Gasteiger partial charge in [0, 0.05) is 30.2 Å². The van der Waals surface area contributed by atoms with E-state index in [-0.39, 0.29) is 30.5 Å². The van der Waals surface area contributed by atoms with E-state index in [1.165, 1.54) is 11.0 Å². The quantitative estimate of drug-likeness (QED) is 0.783. The Kier molecular flexibility index (Phi) is 5.13. The topological polar surface area (TPSA) is 53.5 Å². The molecular weight excluding hydrogens is 389 g/mol. The van der Waals surface area contributed by atoms with Gasteiger partial charge in [-0.3, -0.25) is 14.5 Å². The van der Waals surface area contributed by atoms with Crippen molar-refractivity contribution in [1.29, 1.82) is 0 Å². The van der Waals surface area contributed by atoms with E-state index in [1.54, 1.807) is 35.4 Å². The van der Waals surface area contributed by atoms with Gasteiger partial charge in [0.05, 0.1) is 11.6 Å². The number of para-hydroxylation sites is 1. The maximum atomic E-state index is 14.0. The smallest absolute Gasteiger partial charge is 0.233 e. The van der Waals surface area contributed by atoms with E-state index in [0.717, 1.165) is 4.47 Å². The van der Waals surface area contributed by atoms with E-state index in [2.05, 4.69) is 20.9 Å². The van der Waals surface area contributed by atoms with Gasteiger partial charge in [0.25, 0.3) is 0 Å². The van der Waals surface area contributed by atoms with Gasteiger partial charge in [0.15, 0.2) is 0 Å². The zero-order valence-corrected chi connectivity index (χ0v) is 15.2. The standard InChI is InChI=1S/C18H17BrFN3O2/c1-2-22(16-8-7-13(19)10-21-16)18(25)12-9-17(24)23(11-12)15-6-4-3-5-14(15)20/h3-8,10,12H,2,9,11H2,1H3. The van der Waals surface area contributed by atoms with Crippen LogP contribution in [-0.2, 0) is 9.59 Å².